The minimum absolute atomic E-state index is 0.701. The van der Waals surface area contributed by atoms with E-state index in [0.29, 0.717) is 6.61 Å². The molecule has 2 aromatic heterocycles. The van der Waals surface area contributed by atoms with Crippen LogP contribution in [0.3, 0.4) is 0 Å². The predicted octanol–water partition coefficient (Wildman–Crippen LogP) is 0.768. The number of nitrogens with one attached hydrogen (secondary N) is 1. The molecule has 0 spiro atoms. The molecule has 2 rings (SSSR count). The van der Waals surface area contributed by atoms with Crippen LogP contribution in [0.15, 0.2) is 12.4 Å². The average molecular weight is 253 g/mol. The second kappa shape index (κ2) is 5.85. The van der Waals surface area contributed by atoms with E-state index in [0.717, 1.165) is 29.1 Å². The van der Waals surface area contributed by atoms with E-state index < -0.39 is 0 Å². The van der Waals surface area contributed by atoms with Gasteiger partial charge in [-0.1, -0.05) is 11.3 Å². The summed E-state index contributed by atoms with van der Waals surface area (Å²) in [5.74, 6) is 0.917. The third kappa shape index (κ3) is 3.09. The normalized spacial score (nSPS) is 10.9. The molecule has 0 aliphatic rings. The first-order chi connectivity index (χ1) is 8.31. The summed E-state index contributed by atoms with van der Waals surface area (Å²) in [6.45, 7) is 4.18. The van der Waals surface area contributed by atoms with Crippen molar-refractivity contribution in [3.05, 3.63) is 23.2 Å². The first kappa shape index (κ1) is 12.2. The van der Waals surface area contributed by atoms with E-state index in [1.165, 1.54) is 0 Å². The van der Waals surface area contributed by atoms with E-state index in [4.69, 9.17) is 4.74 Å². The summed E-state index contributed by atoms with van der Waals surface area (Å²) in [5, 5.41) is 13.3. The third-order valence-electron chi connectivity index (χ3n) is 2.25. The molecule has 0 unspecified atom stereocenters. The Labute approximate surface area is 104 Å². The highest BCUT2D eigenvalue weighted by molar-refractivity contribution is 7.13. The van der Waals surface area contributed by atoms with Crippen molar-refractivity contribution in [2.45, 2.75) is 13.5 Å². The van der Waals surface area contributed by atoms with E-state index in [-0.39, 0.29) is 0 Å². The standard InChI is InChI=1S/C10H15N5OS/c1-8-12-3-5-15(8)10-14-13-9(17-10)7-11-4-6-16-2/h3,5,11H,4,6-7H2,1-2H3. The molecule has 0 aliphatic carbocycles. The molecule has 2 aromatic rings. The Bertz CT molecular complexity index is 467. The van der Waals surface area contributed by atoms with Crippen molar-refractivity contribution in [2.24, 2.45) is 0 Å². The van der Waals surface area contributed by atoms with Gasteiger partial charge in [0, 0.05) is 32.6 Å². The van der Waals surface area contributed by atoms with Gasteiger partial charge in [-0.05, 0) is 6.92 Å². The lowest BCUT2D eigenvalue weighted by molar-refractivity contribution is 0.199. The van der Waals surface area contributed by atoms with Gasteiger partial charge in [-0.3, -0.25) is 4.57 Å². The van der Waals surface area contributed by atoms with Crippen molar-refractivity contribution < 1.29 is 4.74 Å². The molecule has 7 heteroatoms. The van der Waals surface area contributed by atoms with Crippen LogP contribution in [0.4, 0.5) is 0 Å². The highest BCUT2D eigenvalue weighted by atomic mass is 32.1. The fraction of sp³-hybridized carbons (Fsp3) is 0.500. The van der Waals surface area contributed by atoms with Crippen molar-refractivity contribution in [1.29, 1.82) is 0 Å². The minimum atomic E-state index is 0.701. The summed E-state index contributed by atoms with van der Waals surface area (Å²) in [6, 6.07) is 0. The van der Waals surface area contributed by atoms with E-state index >= 15 is 0 Å². The Morgan fingerprint density at radius 1 is 1.47 bits per heavy atom. The molecule has 0 saturated heterocycles. The van der Waals surface area contributed by atoms with Crippen LogP contribution in [0.1, 0.15) is 10.8 Å². The highest BCUT2D eigenvalue weighted by Gasteiger charge is 2.07. The second-order valence-electron chi connectivity index (χ2n) is 3.49. The lowest BCUT2D eigenvalue weighted by Gasteiger charge is -1.99. The molecule has 92 valence electrons. The molecule has 0 radical (unpaired) electrons. The number of imidazole rings is 1. The summed E-state index contributed by atoms with van der Waals surface area (Å²) in [5.41, 5.74) is 0. The number of methoxy groups -OCH3 is 1. The molecule has 17 heavy (non-hydrogen) atoms. The second-order valence-corrected chi connectivity index (χ2v) is 4.53. The van der Waals surface area contributed by atoms with Crippen molar-refractivity contribution in [3.63, 3.8) is 0 Å². The van der Waals surface area contributed by atoms with Crippen LogP contribution in [0.5, 0.6) is 0 Å². The maximum Gasteiger partial charge on any atom is 0.217 e. The fourth-order valence-electron chi connectivity index (χ4n) is 1.36. The van der Waals surface area contributed by atoms with Crippen LogP contribution in [-0.4, -0.2) is 40.0 Å². The first-order valence-electron chi connectivity index (χ1n) is 5.33. The van der Waals surface area contributed by atoms with Crippen LogP contribution in [-0.2, 0) is 11.3 Å². The maximum atomic E-state index is 4.95. The number of aromatic nitrogens is 4. The average Bonchev–Trinajstić information content (AvgIpc) is 2.93. The molecule has 0 aliphatic heterocycles. The van der Waals surface area contributed by atoms with Gasteiger partial charge in [0.2, 0.25) is 5.13 Å². The number of aryl methyl sites for hydroxylation is 1. The number of ether oxygens (including phenoxy) is 1. The van der Waals surface area contributed by atoms with Gasteiger partial charge in [0.05, 0.1) is 6.61 Å². The largest absolute Gasteiger partial charge is 0.383 e. The number of hydrogen-bond acceptors (Lipinski definition) is 6. The molecule has 0 fully saturated rings. The predicted molar refractivity (Wildman–Crippen MR) is 65.4 cm³/mol. The summed E-state index contributed by atoms with van der Waals surface area (Å²) in [4.78, 5) is 4.16. The molecule has 0 atom stereocenters. The molecule has 0 amide bonds. The zero-order chi connectivity index (χ0) is 12.1. The molecular formula is C10H15N5OS. The molecule has 0 bridgehead atoms. The van der Waals surface area contributed by atoms with Crippen LogP contribution in [0.2, 0.25) is 0 Å². The zero-order valence-electron chi connectivity index (χ0n) is 9.88. The van der Waals surface area contributed by atoms with Gasteiger partial charge >= 0.3 is 0 Å². The Hall–Kier alpha value is -1.31. The van der Waals surface area contributed by atoms with Gasteiger partial charge in [-0.2, -0.15) is 0 Å². The fourth-order valence-corrected chi connectivity index (χ4v) is 2.20. The SMILES string of the molecule is COCCNCc1nnc(-n2ccnc2C)s1. The third-order valence-corrected chi connectivity index (χ3v) is 3.17. The molecule has 0 saturated carbocycles. The topological polar surface area (TPSA) is 64.9 Å². The van der Waals surface area contributed by atoms with Crippen molar-refractivity contribution in [3.8, 4) is 5.13 Å². The Kier molecular flexibility index (Phi) is 4.18. The van der Waals surface area contributed by atoms with Gasteiger partial charge in [0.25, 0.3) is 0 Å². The Morgan fingerprint density at radius 2 is 2.35 bits per heavy atom. The molecule has 6 nitrogen and oxygen atoms in total. The van der Waals surface area contributed by atoms with Crippen LogP contribution < -0.4 is 5.32 Å². The zero-order valence-corrected chi connectivity index (χ0v) is 10.7. The quantitative estimate of drug-likeness (QED) is 0.770. The van der Waals surface area contributed by atoms with Crippen molar-refractivity contribution >= 4 is 11.3 Å². The molecule has 1 N–H and O–H groups in total. The number of hydrogen-bond donors (Lipinski definition) is 1. The van der Waals surface area contributed by atoms with Crippen molar-refractivity contribution in [1.82, 2.24) is 25.1 Å². The van der Waals surface area contributed by atoms with Gasteiger partial charge in [0.1, 0.15) is 10.8 Å². The highest BCUT2D eigenvalue weighted by Crippen LogP contribution is 2.15. The smallest absolute Gasteiger partial charge is 0.217 e. The summed E-state index contributed by atoms with van der Waals surface area (Å²) < 4.78 is 6.88. The molecular weight excluding hydrogens is 238 g/mol. The Morgan fingerprint density at radius 3 is 3.06 bits per heavy atom. The van der Waals surface area contributed by atoms with Crippen LogP contribution in [0, 0.1) is 6.92 Å². The summed E-state index contributed by atoms with van der Waals surface area (Å²) >= 11 is 1.56. The van der Waals surface area contributed by atoms with E-state index in [1.807, 2.05) is 17.7 Å². The first-order valence-corrected chi connectivity index (χ1v) is 6.15. The summed E-state index contributed by atoms with van der Waals surface area (Å²) in [7, 11) is 1.69. The van der Waals surface area contributed by atoms with E-state index in [1.54, 1.807) is 24.6 Å². The summed E-state index contributed by atoms with van der Waals surface area (Å²) in [6.07, 6.45) is 3.64. The minimum Gasteiger partial charge on any atom is -0.383 e. The van der Waals surface area contributed by atoms with Crippen LogP contribution >= 0.6 is 11.3 Å². The lowest BCUT2D eigenvalue weighted by Crippen LogP contribution is -2.18. The monoisotopic (exact) mass is 253 g/mol. The lowest BCUT2D eigenvalue weighted by atomic mass is 10.6. The Balaban J connectivity index is 1.95. The van der Waals surface area contributed by atoms with Crippen LogP contribution in [0.25, 0.3) is 5.13 Å². The molecule has 2 heterocycles. The number of rotatable bonds is 6. The van der Waals surface area contributed by atoms with E-state index in [2.05, 4.69) is 20.5 Å². The van der Waals surface area contributed by atoms with Gasteiger partial charge in [-0.25, -0.2) is 4.98 Å². The maximum absolute atomic E-state index is 4.95. The van der Waals surface area contributed by atoms with Gasteiger partial charge in [0.15, 0.2) is 0 Å². The number of nitrogens with zero attached hydrogens (tertiary/aromatic N) is 4. The molecule has 0 aromatic carbocycles. The van der Waals surface area contributed by atoms with Gasteiger partial charge in [-0.15, -0.1) is 10.2 Å². The van der Waals surface area contributed by atoms with Gasteiger partial charge < -0.3 is 10.1 Å². The van der Waals surface area contributed by atoms with Crippen molar-refractivity contribution in [2.75, 3.05) is 20.3 Å². The van der Waals surface area contributed by atoms with E-state index in [9.17, 15) is 0 Å².